The molecular weight excluding hydrogens is 564 g/mol. The minimum Gasteiger partial charge on any atom is -0.453 e. The van der Waals surface area contributed by atoms with E-state index in [1.165, 1.54) is 24.2 Å². The Morgan fingerprint density at radius 3 is 2.83 bits per heavy atom. The number of aromatic nitrogens is 6. The zero-order chi connectivity index (χ0) is 29.5. The van der Waals surface area contributed by atoms with Crippen LogP contribution in [0.25, 0.3) is 23.0 Å². The Morgan fingerprint density at radius 2 is 2.02 bits per heavy atom. The normalized spacial score (nSPS) is 15.3. The molecule has 216 valence electrons. The molecule has 3 heterocycles. The number of aromatic amines is 1. The molecule has 5 rings (SSSR count). The molecule has 0 unspecified atom stereocenters. The third-order valence-electron chi connectivity index (χ3n) is 6.36. The van der Waals surface area contributed by atoms with Crippen LogP contribution in [0.3, 0.4) is 0 Å². The van der Waals surface area contributed by atoms with Crippen LogP contribution in [0.2, 0.25) is 5.02 Å². The highest BCUT2D eigenvalue weighted by Crippen LogP contribution is 2.31. The van der Waals surface area contributed by atoms with Crippen molar-refractivity contribution in [3.63, 3.8) is 0 Å². The van der Waals surface area contributed by atoms with E-state index in [2.05, 4.69) is 51.5 Å². The average Bonchev–Trinajstić information content (AvgIpc) is 3.69. The molecule has 0 fully saturated rings. The number of anilines is 2. The largest absolute Gasteiger partial charge is 0.453 e. The summed E-state index contributed by atoms with van der Waals surface area (Å²) in [5, 5.41) is 23.4. The van der Waals surface area contributed by atoms with Gasteiger partial charge in [0.05, 0.1) is 37.2 Å². The van der Waals surface area contributed by atoms with Crippen LogP contribution < -0.4 is 21.3 Å². The first kappa shape index (κ1) is 28.3. The molecule has 2 aromatic carbocycles. The van der Waals surface area contributed by atoms with E-state index < -0.39 is 18.0 Å². The summed E-state index contributed by atoms with van der Waals surface area (Å²) in [5.41, 5.74) is 3.99. The number of imidazole rings is 1. The van der Waals surface area contributed by atoms with Gasteiger partial charge >= 0.3 is 6.09 Å². The number of halogens is 1. The van der Waals surface area contributed by atoms with Gasteiger partial charge in [-0.25, -0.2) is 9.78 Å². The number of benzene rings is 2. The molecule has 0 aliphatic carbocycles. The van der Waals surface area contributed by atoms with Crippen LogP contribution in [0.5, 0.6) is 0 Å². The molecule has 3 amide bonds. The topological polar surface area (TPSA) is 181 Å². The molecule has 5 N–H and O–H groups in total. The van der Waals surface area contributed by atoms with Gasteiger partial charge in [0.1, 0.15) is 12.2 Å². The van der Waals surface area contributed by atoms with Gasteiger partial charge in [-0.2, -0.15) is 4.68 Å². The summed E-state index contributed by atoms with van der Waals surface area (Å²) in [4.78, 5) is 45.2. The average molecular weight is 591 g/mol. The van der Waals surface area contributed by atoms with Crippen LogP contribution in [0.15, 0.2) is 55.0 Å². The Morgan fingerprint density at radius 1 is 1.17 bits per heavy atom. The summed E-state index contributed by atoms with van der Waals surface area (Å²) >= 11 is 6.18. The number of nitrogens with one attached hydrogen (secondary N) is 5. The highest BCUT2D eigenvalue weighted by Gasteiger charge is 2.22. The summed E-state index contributed by atoms with van der Waals surface area (Å²) < 4.78 is 6.15. The van der Waals surface area contributed by atoms with E-state index in [1.54, 1.807) is 42.6 Å². The number of carbonyl (C=O) groups excluding carboxylic acids is 3. The third kappa shape index (κ3) is 6.90. The van der Waals surface area contributed by atoms with Gasteiger partial charge in [0, 0.05) is 46.7 Å². The maximum Gasteiger partial charge on any atom is 0.411 e. The van der Waals surface area contributed by atoms with Crippen molar-refractivity contribution in [1.82, 2.24) is 40.8 Å². The van der Waals surface area contributed by atoms with Gasteiger partial charge in [0.25, 0.3) is 0 Å². The van der Waals surface area contributed by atoms with Gasteiger partial charge in [-0.05, 0) is 59.3 Å². The summed E-state index contributed by atoms with van der Waals surface area (Å²) in [7, 11) is 1.29. The lowest BCUT2D eigenvalue weighted by atomic mass is 10.1. The van der Waals surface area contributed by atoms with Gasteiger partial charge < -0.3 is 25.7 Å². The number of methoxy groups -OCH3 is 1. The number of hydrogen-bond acceptors (Lipinski definition) is 9. The second-order valence-corrected chi connectivity index (χ2v) is 9.68. The van der Waals surface area contributed by atoms with E-state index in [-0.39, 0.29) is 12.3 Å². The molecule has 14 nitrogen and oxygen atoms in total. The quantitative estimate of drug-likeness (QED) is 0.218. The summed E-state index contributed by atoms with van der Waals surface area (Å²) in [6, 6.07) is 9.73. The first-order valence-corrected chi connectivity index (χ1v) is 13.3. The molecule has 1 atom stereocenters. The van der Waals surface area contributed by atoms with E-state index in [0.717, 1.165) is 11.3 Å². The van der Waals surface area contributed by atoms with E-state index in [4.69, 9.17) is 11.6 Å². The predicted octanol–water partition coefficient (Wildman–Crippen LogP) is 3.08. The molecule has 42 heavy (non-hydrogen) atoms. The fraction of sp³-hybridized carbons (Fsp3) is 0.222. The second-order valence-electron chi connectivity index (χ2n) is 9.25. The minimum atomic E-state index is -0.744. The molecule has 0 saturated carbocycles. The van der Waals surface area contributed by atoms with Crippen molar-refractivity contribution in [1.29, 1.82) is 0 Å². The van der Waals surface area contributed by atoms with Crippen molar-refractivity contribution in [3.8, 4) is 16.9 Å². The zero-order valence-corrected chi connectivity index (χ0v) is 23.2. The number of nitrogens with zero attached hydrogens (tertiary/aromatic N) is 5. The lowest BCUT2D eigenvalue weighted by Gasteiger charge is -2.16. The third-order valence-corrected chi connectivity index (χ3v) is 6.60. The Hall–Kier alpha value is -5.24. The lowest BCUT2D eigenvalue weighted by molar-refractivity contribution is -0.122. The van der Waals surface area contributed by atoms with E-state index in [1.807, 2.05) is 6.07 Å². The van der Waals surface area contributed by atoms with Gasteiger partial charge in [0.2, 0.25) is 11.8 Å². The van der Waals surface area contributed by atoms with Crippen LogP contribution in [-0.4, -0.2) is 68.3 Å². The monoisotopic (exact) mass is 590 g/mol. The molecule has 0 spiro atoms. The molecule has 0 saturated heterocycles. The Kier molecular flexibility index (Phi) is 8.72. The van der Waals surface area contributed by atoms with Crippen LogP contribution in [0.1, 0.15) is 30.3 Å². The van der Waals surface area contributed by atoms with E-state index in [9.17, 15) is 14.4 Å². The first-order valence-electron chi connectivity index (χ1n) is 13.0. The molecule has 4 aromatic rings. The smallest absolute Gasteiger partial charge is 0.411 e. The van der Waals surface area contributed by atoms with Crippen LogP contribution in [0.4, 0.5) is 16.2 Å². The maximum absolute atomic E-state index is 13.1. The lowest BCUT2D eigenvalue weighted by Crippen LogP contribution is -2.34. The molecule has 2 aromatic heterocycles. The van der Waals surface area contributed by atoms with E-state index >= 15 is 0 Å². The SMILES string of the molecule is COC(=O)Nc1ccc2c(c1)NCCCNC(=O)C[C@H](NC(=O)/C=C/c1cc(Cl)ccc1-n1cnnn1)c1ncc-2[nH]1. The number of H-pyrrole nitrogens is 1. The van der Waals surface area contributed by atoms with Crippen molar-refractivity contribution in [3.05, 3.63) is 71.4 Å². The molecule has 2 bridgehead atoms. The Labute approximate surface area is 244 Å². The first-order chi connectivity index (χ1) is 20.4. The molecule has 1 aliphatic heterocycles. The van der Waals surface area contributed by atoms with E-state index in [0.29, 0.717) is 53.0 Å². The number of amides is 3. The summed E-state index contributed by atoms with van der Waals surface area (Å²) in [6.07, 6.45) is 6.04. The number of tetrazole rings is 1. The molecule has 15 heteroatoms. The number of rotatable bonds is 5. The number of carbonyl (C=O) groups is 3. The molecule has 1 aliphatic rings. The number of fused-ring (bicyclic) bond motifs is 4. The van der Waals surface area contributed by atoms with Gasteiger partial charge in [-0.3, -0.25) is 14.9 Å². The minimum absolute atomic E-state index is 0.0259. The standard InChI is InChI=1S/C27H27ClN10O4/c1-42-27(41)33-18-5-6-19-20(12-18)29-9-2-10-30-25(40)13-21(26-31-14-22(19)35-26)34-24(39)8-3-16-11-17(28)4-7-23(16)38-15-32-36-37-38/h3-8,11-12,14-15,21,29H,2,9-10,13H2,1H3,(H,30,40)(H,31,35)(H,33,41)(H,34,39)/b8-3+/t21-/m0/s1. The van der Waals surface area contributed by atoms with Crippen LogP contribution in [-0.2, 0) is 14.3 Å². The fourth-order valence-corrected chi connectivity index (χ4v) is 4.54. The van der Waals surface area contributed by atoms with Crippen molar-refractivity contribution in [2.24, 2.45) is 0 Å². The molecule has 0 radical (unpaired) electrons. The Balaban J connectivity index is 1.40. The van der Waals surface area contributed by atoms with Gasteiger partial charge in [0.15, 0.2) is 0 Å². The van der Waals surface area contributed by atoms with Crippen LogP contribution >= 0.6 is 11.6 Å². The molecular formula is C27H27ClN10O4. The second kappa shape index (κ2) is 13.0. The van der Waals surface area contributed by atoms with Gasteiger partial charge in [-0.1, -0.05) is 11.6 Å². The summed E-state index contributed by atoms with van der Waals surface area (Å²) in [6.45, 7) is 0.996. The van der Waals surface area contributed by atoms with Gasteiger partial charge in [-0.15, -0.1) is 5.10 Å². The summed E-state index contributed by atoms with van der Waals surface area (Å²) in [5.74, 6) is -0.279. The van der Waals surface area contributed by atoms with Crippen LogP contribution in [0, 0.1) is 0 Å². The number of ether oxygens (including phenoxy) is 1. The van der Waals surface area contributed by atoms with Crippen molar-refractivity contribution >= 4 is 47.0 Å². The number of hydrogen-bond donors (Lipinski definition) is 5. The fourth-order valence-electron chi connectivity index (χ4n) is 4.36. The highest BCUT2D eigenvalue weighted by atomic mass is 35.5. The Bertz CT molecular complexity index is 1620. The zero-order valence-electron chi connectivity index (χ0n) is 22.4. The maximum atomic E-state index is 13.1. The van der Waals surface area contributed by atoms with Crippen molar-refractivity contribution < 1.29 is 19.1 Å². The predicted molar refractivity (Wildman–Crippen MR) is 155 cm³/mol. The van der Waals surface area contributed by atoms with Crippen molar-refractivity contribution in [2.75, 3.05) is 30.8 Å². The highest BCUT2D eigenvalue weighted by molar-refractivity contribution is 6.30. The van der Waals surface area contributed by atoms with Crippen molar-refractivity contribution in [2.45, 2.75) is 18.9 Å².